The van der Waals surface area contributed by atoms with Gasteiger partial charge in [0.15, 0.2) is 11.6 Å². The molecule has 2 aromatic carbocycles. The van der Waals surface area contributed by atoms with Gasteiger partial charge < -0.3 is 10.5 Å². The zero-order chi connectivity index (χ0) is 14.0. The molecule has 2 N–H and O–H groups in total. The van der Waals surface area contributed by atoms with Crippen molar-refractivity contribution in [1.82, 2.24) is 0 Å². The summed E-state index contributed by atoms with van der Waals surface area (Å²) in [6, 6.07) is 8.55. The second-order valence-electron chi connectivity index (χ2n) is 4.02. The zero-order valence-electron chi connectivity index (χ0n) is 10.1. The maximum Gasteiger partial charge on any atom is 0.162 e. The predicted molar refractivity (Wildman–Crippen MR) is 73.5 cm³/mol. The van der Waals surface area contributed by atoms with E-state index in [9.17, 15) is 8.78 Å². The Morgan fingerprint density at radius 3 is 2.42 bits per heavy atom. The predicted octanol–water partition coefficient (Wildman–Crippen LogP) is 3.70. The van der Waals surface area contributed by atoms with E-state index in [0.717, 1.165) is 23.3 Å². The molecule has 0 saturated heterocycles. The molecule has 0 bridgehead atoms. The molecule has 98 valence electrons. The molecule has 0 fully saturated rings. The quantitative estimate of drug-likeness (QED) is 0.870. The van der Waals surface area contributed by atoms with E-state index in [1.165, 1.54) is 6.07 Å². The summed E-state index contributed by atoms with van der Waals surface area (Å²) >= 11 is 4.87. The van der Waals surface area contributed by atoms with Crippen molar-refractivity contribution in [1.29, 1.82) is 0 Å². The maximum atomic E-state index is 13.1. The maximum absolute atomic E-state index is 13.1. The highest BCUT2D eigenvalue weighted by atomic mass is 32.1. The third-order valence-corrected chi connectivity index (χ3v) is 2.81. The molecule has 0 unspecified atom stereocenters. The fraction of sp³-hybridized carbons (Fsp3) is 0.0714. The Morgan fingerprint density at radius 1 is 1.11 bits per heavy atom. The fourth-order valence-corrected chi connectivity index (χ4v) is 1.71. The van der Waals surface area contributed by atoms with E-state index in [1.807, 2.05) is 6.92 Å². The van der Waals surface area contributed by atoms with Crippen molar-refractivity contribution in [3.63, 3.8) is 0 Å². The highest BCUT2D eigenvalue weighted by Gasteiger charge is 2.07. The summed E-state index contributed by atoms with van der Waals surface area (Å²) in [5, 5.41) is 0. The van der Waals surface area contributed by atoms with Crippen molar-refractivity contribution in [2.75, 3.05) is 0 Å². The molecule has 2 aromatic rings. The van der Waals surface area contributed by atoms with Gasteiger partial charge >= 0.3 is 0 Å². The highest BCUT2D eigenvalue weighted by Crippen LogP contribution is 2.26. The van der Waals surface area contributed by atoms with E-state index in [0.29, 0.717) is 10.7 Å². The van der Waals surface area contributed by atoms with Crippen LogP contribution in [0.5, 0.6) is 11.5 Å². The van der Waals surface area contributed by atoms with Gasteiger partial charge in [0, 0.05) is 11.6 Å². The van der Waals surface area contributed by atoms with Gasteiger partial charge in [-0.15, -0.1) is 0 Å². The second kappa shape index (κ2) is 5.32. The summed E-state index contributed by atoms with van der Waals surface area (Å²) in [5.41, 5.74) is 7.05. The van der Waals surface area contributed by atoms with Gasteiger partial charge in [-0.1, -0.05) is 12.2 Å². The number of hydrogen-bond acceptors (Lipinski definition) is 2. The van der Waals surface area contributed by atoms with Crippen molar-refractivity contribution in [2.24, 2.45) is 5.73 Å². The number of halogens is 2. The second-order valence-corrected chi connectivity index (χ2v) is 4.46. The molecule has 0 heterocycles. The molecular weight excluding hydrogens is 268 g/mol. The van der Waals surface area contributed by atoms with Crippen molar-refractivity contribution < 1.29 is 13.5 Å². The molecule has 5 heteroatoms. The van der Waals surface area contributed by atoms with Gasteiger partial charge in [-0.25, -0.2) is 8.78 Å². The zero-order valence-corrected chi connectivity index (χ0v) is 10.9. The van der Waals surface area contributed by atoms with Crippen molar-refractivity contribution >= 4 is 17.2 Å². The molecular formula is C14H11F2NOS. The number of ether oxygens (including phenoxy) is 1. The normalized spacial score (nSPS) is 10.3. The largest absolute Gasteiger partial charge is 0.457 e. The van der Waals surface area contributed by atoms with E-state index >= 15 is 0 Å². The first kappa shape index (κ1) is 13.4. The average molecular weight is 279 g/mol. The molecule has 19 heavy (non-hydrogen) atoms. The van der Waals surface area contributed by atoms with Crippen LogP contribution < -0.4 is 10.5 Å². The molecule has 0 aliphatic heterocycles. The SMILES string of the molecule is Cc1cc(C(N)=S)ccc1Oc1ccc(F)c(F)c1. The Kier molecular flexibility index (Phi) is 3.76. The van der Waals surface area contributed by atoms with Crippen LogP contribution in [0.15, 0.2) is 36.4 Å². The Bertz CT molecular complexity index is 643. The summed E-state index contributed by atoms with van der Waals surface area (Å²) < 4.78 is 31.4. The van der Waals surface area contributed by atoms with Crippen LogP contribution in [0.2, 0.25) is 0 Å². The number of benzene rings is 2. The number of nitrogens with two attached hydrogens (primary N) is 1. The van der Waals surface area contributed by atoms with Crippen molar-refractivity contribution in [2.45, 2.75) is 6.92 Å². The molecule has 0 radical (unpaired) electrons. The minimum Gasteiger partial charge on any atom is -0.457 e. The van der Waals surface area contributed by atoms with Crippen LogP contribution in [-0.4, -0.2) is 4.99 Å². The minimum absolute atomic E-state index is 0.227. The third kappa shape index (κ3) is 3.06. The van der Waals surface area contributed by atoms with E-state index < -0.39 is 11.6 Å². The van der Waals surface area contributed by atoms with Crippen LogP contribution in [-0.2, 0) is 0 Å². The van der Waals surface area contributed by atoms with Crippen molar-refractivity contribution in [3.05, 3.63) is 59.2 Å². The Balaban J connectivity index is 2.28. The summed E-state index contributed by atoms with van der Waals surface area (Å²) in [5.74, 6) is -1.10. The molecule has 0 aliphatic rings. The molecule has 0 amide bonds. The first-order valence-electron chi connectivity index (χ1n) is 5.51. The lowest BCUT2D eigenvalue weighted by molar-refractivity contribution is 0.459. The Hall–Kier alpha value is -2.01. The lowest BCUT2D eigenvalue weighted by atomic mass is 10.1. The molecule has 0 saturated carbocycles. The lowest BCUT2D eigenvalue weighted by Crippen LogP contribution is -2.09. The van der Waals surface area contributed by atoms with Crippen LogP contribution in [0.1, 0.15) is 11.1 Å². The molecule has 0 atom stereocenters. The summed E-state index contributed by atoms with van der Waals surface area (Å²) in [4.78, 5) is 0.294. The fourth-order valence-electron chi connectivity index (χ4n) is 1.58. The van der Waals surface area contributed by atoms with Gasteiger partial charge in [-0.05, 0) is 42.8 Å². The summed E-state index contributed by atoms with van der Waals surface area (Å²) in [6.07, 6.45) is 0. The van der Waals surface area contributed by atoms with E-state index in [-0.39, 0.29) is 5.75 Å². The molecule has 0 spiro atoms. The van der Waals surface area contributed by atoms with Gasteiger partial charge in [0.1, 0.15) is 16.5 Å². The molecule has 2 nitrogen and oxygen atoms in total. The first-order chi connectivity index (χ1) is 8.97. The van der Waals surface area contributed by atoms with Crippen LogP contribution in [0.3, 0.4) is 0 Å². The van der Waals surface area contributed by atoms with Crippen LogP contribution in [0, 0.1) is 18.6 Å². The Labute approximate surface area is 114 Å². The van der Waals surface area contributed by atoms with Gasteiger partial charge in [-0.3, -0.25) is 0 Å². The number of rotatable bonds is 3. The first-order valence-corrected chi connectivity index (χ1v) is 5.91. The van der Waals surface area contributed by atoms with Crippen LogP contribution >= 0.6 is 12.2 Å². The standard InChI is InChI=1S/C14H11F2NOS/c1-8-6-9(14(17)19)2-5-13(8)18-10-3-4-11(15)12(16)7-10/h2-7H,1H3,(H2,17,19). The van der Waals surface area contributed by atoms with E-state index in [2.05, 4.69) is 0 Å². The van der Waals surface area contributed by atoms with Crippen LogP contribution in [0.4, 0.5) is 8.78 Å². The van der Waals surface area contributed by atoms with Gasteiger partial charge in [0.05, 0.1) is 0 Å². The average Bonchev–Trinajstić information content (AvgIpc) is 2.36. The van der Waals surface area contributed by atoms with Crippen molar-refractivity contribution in [3.8, 4) is 11.5 Å². The molecule has 0 aliphatic carbocycles. The van der Waals surface area contributed by atoms with Gasteiger partial charge in [-0.2, -0.15) is 0 Å². The topological polar surface area (TPSA) is 35.2 Å². The third-order valence-electron chi connectivity index (χ3n) is 2.58. The molecule has 0 aromatic heterocycles. The van der Waals surface area contributed by atoms with Gasteiger partial charge in [0.25, 0.3) is 0 Å². The lowest BCUT2D eigenvalue weighted by Gasteiger charge is -2.10. The van der Waals surface area contributed by atoms with E-state index in [1.54, 1.807) is 18.2 Å². The summed E-state index contributed by atoms with van der Waals surface area (Å²) in [6.45, 7) is 1.82. The highest BCUT2D eigenvalue weighted by molar-refractivity contribution is 7.80. The number of aryl methyl sites for hydroxylation is 1. The molecule has 2 rings (SSSR count). The van der Waals surface area contributed by atoms with Gasteiger partial charge in [0.2, 0.25) is 0 Å². The number of hydrogen-bond donors (Lipinski definition) is 1. The monoisotopic (exact) mass is 279 g/mol. The van der Waals surface area contributed by atoms with E-state index in [4.69, 9.17) is 22.7 Å². The van der Waals surface area contributed by atoms with Crippen LogP contribution in [0.25, 0.3) is 0 Å². The minimum atomic E-state index is -0.949. The summed E-state index contributed by atoms with van der Waals surface area (Å²) in [7, 11) is 0. The number of thiocarbonyl (C=S) groups is 1. The Morgan fingerprint density at radius 2 is 1.84 bits per heavy atom. The smallest absolute Gasteiger partial charge is 0.162 e.